The van der Waals surface area contributed by atoms with Gasteiger partial charge in [0.15, 0.2) is 5.96 Å². The van der Waals surface area contributed by atoms with Gasteiger partial charge in [0, 0.05) is 26.2 Å². The van der Waals surface area contributed by atoms with Gasteiger partial charge < -0.3 is 10.6 Å². The third-order valence-corrected chi connectivity index (χ3v) is 3.88. The Labute approximate surface area is 153 Å². The van der Waals surface area contributed by atoms with Crippen LogP contribution in [-0.4, -0.2) is 50.0 Å². The van der Waals surface area contributed by atoms with E-state index in [2.05, 4.69) is 44.8 Å². The maximum atomic E-state index is 12.2. The molecule has 0 aromatic heterocycles. The first-order valence-electron chi connectivity index (χ1n) is 7.69. The van der Waals surface area contributed by atoms with Gasteiger partial charge >= 0.3 is 0 Å². The van der Waals surface area contributed by atoms with E-state index < -0.39 is 6.43 Å². The fourth-order valence-corrected chi connectivity index (χ4v) is 2.76. The predicted molar refractivity (Wildman–Crippen MR) is 101 cm³/mol. The lowest BCUT2D eigenvalue weighted by Crippen LogP contribution is -2.45. The summed E-state index contributed by atoms with van der Waals surface area (Å²) in [7, 11) is 1.59. The van der Waals surface area contributed by atoms with E-state index >= 15 is 0 Å². The largest absolute Gasteiger partial charge is 0.355 e. The summed E-state index contributed by atoms with van der Waals surface area (Å²) >= 11 is 0. The van der Waals surface area contributed by atoms with E-state index in [4.69, 9.17) is 0 Å². The van der Waals surface area contributed by atoms with Crippen molar-refractivity contribution in [1.82, 2.24) is 15.5 Å². The summed E-state index contributed by atoms with van der Waals surface area (Å²) in [5.41, 5.74) is 1.30. The van der Waals surface area contributed by atoms with Crippen molar-refractivity contribution >= 4 is 29.9 Å². The molecule has 1 aromatic rings. The Morgan fingerprint density at radius 2 is 2.04 bits per heavy atom. The molecule has 1 aromatic carbocycles. The molecule has 0 spiro atoms. The van der Waals surface area contributed by atoms with Crippen LogP contribution in [0.4, 0.5) is 8.78 Å². The first-order chi connectivity index (χ1) is 10.7. The third-order valence-electron chi connectivity index (χ3n) is 3.88. The summed E-state index contributed by atoms with van der Waals surface area (Å²) in [5.74, 6) is 0.437. The van der Waals surface area contributed by atoms with Crippen molar-refractivity contribution in [2.45, 2.75) is 31.9 Å². The van der Waals surface area contributed by atoms with Gasteiger partial charge in [-0.15, -0.1) is 24.0 Å². The Balaban J connectivity index is 0.00000264. The number of hydrogen-bond acceptors (Lipinski definition) is 2. The van der Waals surface area contributed by atoms with Crippen LogP contribution in [-0.2, 0) is 6.54 Å². The standard InChI is InChI=1S/C16H24F2N4.HI/c1-19-16(21-11-15(17)18)20-10-14-8-5-9-22(14)12-13-6-3-2-4-7-13;/h2-4,6-7,14-15H,5,8-12H2,1H3,(H2,19,20,21);1H. The molecule has 4 nitrogen and oxygen atoms in total. The highest BCUT2D eigenvalue weighted by Crippen LogP contribution is 2.19. The molecule has 23 heavy (non-hydrogen) atoms. The first kappa shape index (κ1) is 20.1. The van der Waals surface area contributed by atoms with Gasteiger partial charge in [-0.2, -0.15) is 0 Å². The van der Waals surface area contributed by atoms with Crippen LogP contribution in [0.3, 0.4) is 0 Å². The van der Waals surface area contributed by atoms with Gasteiger partial charge in [0.05, 0.1) is 6.54 Å². The van der Waals surface area contributed by atoms with E-state index in [1.165, 1.54) is 12.0 Å². The Morgan fingerprint density at radius 1 is 1.30 bits per heavy atom. The Morgan fingerprint density at radius 3 is 2.70 bits per heavy atom. The highest BCUT2D eigenvalue weighted by Gasteiger charge is 2.24. The molecule has 7 heteroatoms. The average Bonchev–Trinajstić information content (AvgIpc) is 2.95. The molecule has 1 heterocycles. The van der Waals surface area contributed by atoms with E-state index in [0.717, 1.165) is 26.1 Å². The number of hydrogen-bond donors (Lipinski definition) is 2. The van der Waals surface area contributed by atoms with E-state index in [1.807, 2.05) is 6.07 Å². The summed E-state index contributed by atoms with van der Waals surface area (Å²) in [6.45, 7) is 2.34. The van der Waals surface area contributed by atoms with Gasteiger partial charge in [-0.3, -0.25) is 9.89 Å². The number of benzene rings is 1. The van der Waals surface area contributed by atoms with Gasteiger partial charge in [-0.25, -0.2) is 8.78 Å². The number of guanidine groups is 1. The molecule has 0 saturated carbocycles. The van der Waals surface area contributed by atoms with Crippen LogP contribution in [0.25, 0.3) is 0 Å². The molecule has 1 fully saturated rings. The van der Waals surface area contributed by atoms with Crippen LogP contribution in [0.2, 0.25) is 0 Å². The number of nitrogens with zero attached hydrogens (tertiary/aromatic N) is 2. The minimum absolute atomic E-state index is 0. The molecule has 1 aliphatic rings. The fraction of sp³-hybridized carbons (Fsp3) is 0.562. The topological polar surface area (TPSA) is 39.7 Å². The molecule has 1 unspecified atom stereocenters. The number of likely N-dealkylation sites (tertiary alicyclic amines) is 1. The van der Waals surface area contributed by atoms with Crippen molar-refractivity contribution in [3.63, 3.8) is 0 Å². The van der Waals surface area contributed by atoms with Crippen molar-refractivity contribution < 1.29 is 8.78 Å². The minimum Gasteiger partial charge on any atom is -0.355 e. The summed E-state index contributed by atoms with van der Waals surface area (Å²) in [4.78, 5) is 6.41. The molecule has 2 N–H and O–H groups in total. The molecular formula is C16H25F2IN4. The predicted octanol–water partition coefficient (Wildman–Crippen LogP) is 2.70. The minimum atomic E-state index is -2.38. The van der Waals surface area contributed by atoms with Gasteiger partial charge in [0.25, 0.3) is 6.43 Å². The molecule has 0 amide bonds. The van der Waals surface area contributed by atoms with Crippen LogP contribution >= 0.6 is 24.0 Å². The van der Waals surface area contributed by atoms with E-state index in [9.17, 15) is 8.78 Å². The second-order valence-electron chi connectivity index (χ2n) is 5.48. The Hall–Kier alpha value is -0.960. The molecule has 1 aliphatic heterocycles. The number of nitrogens with one attached hydrogen (secondary N) is 2. The van der Waals surface area contributed by atoms with E-state index in [0.29, 0.717) is 12.0 Å². The molecular weight excluding hydrogens is 413 g/mol. The molecule has 0 radical (unpaired) electrons. The average molecular weight is 438 g/mol. The molecule has 0 aliphatic carbocycles. The van der Waals surface area contributed by atoms with Gasteiger partial charge in [-0.1, -0.05) is 30.3 Å². The summed E-state index contributed by atoms with van der Waals surface area (Å²) in [6.07, 6.45) is -0.0897. The SMILES string of the molecule is CN=C(NCC(F)F)NCC1CCCN1Cc1ccccc1.I. The van der Waals surface area contributed by atoms with Crippen molar-refractivity contribution in [2.24, 2.45) is 4.99 Å². The van der Waals surface area contributed by atoms with Gasteiger partial charge in [0.2, 0.25) is 0 Å². The zero-order valence-corrected chi connectivity index (χ0v) is 15.7. The number of alkyl halides is 2. The second-order valence-corrected chi connectivity index (χ2v) is 5.48. The van der Waals surface area contributed by atoms with Gasteiger partial charge in [-0.05, 0) is 24.9 Å². The monoisotopic (exact) mass is 438 g/mol. The second kappa shape index (κ2) is 10.7. The number of rotatable bonds is 6. The lowest BCUT2D eigenvalue weighted by atomic mass is 10.2. The van der Waals surface area contributed by atoms with E-state index in [-0.39, 0.29) is 30.5 Å². The highest BCUT2D eigenvalue weighted by atomic mass is 127. The summed E-state index contributed by atoms with van der Waals surface area (Å²) < 4.78 is 24.4. The van der Waals surface area contributed by atoms with Crippen LogP contribution in [0.5, 0.6) is 0 Å². The third kappa shape index (κ3) is 6.99. The number of aliphatic imine (C=N–C) groups is 1. The maximum absolute atomic E-state index is 12.2. The zero-order valence-electron chi connectivity index (χ0n) is 13.3. The quantitative estimate of drug-likeness (QED) is 0.408. The molecule has 130 valence electrons. The molecule has 1 saturated heterocycles. The van der Waals surface area contributed by atoms with Crippen LogP contribution in [0.1, 0.15) is 18.4 Å². The lowest BCUT2D eigenvalue weighted by molar-refractivity contribution is 0.152. The van der Waals surface area contributed by atoms with Gasteiger partial charge in [0.1, 0.15) is 0 Å². The molecule has 2 rings (SSSR count). The van der Waals surface area contributed by atoms with Crippen LogP contribution < -0.4 is 10.6 Å². The van der Waals surface area contributed by atoms with Crippen molar-refractivity contribution in [3.05, 3.63) is 35.9 Å². The summed E-state index contributed by atoms with van der Waals surface area (Å²) in [5, 5.41) is 5.77. The molecule has 0 bridgehead atoms. The zero-order chi connectivity index (χ0) is 15.8. The van der Waals surface area contributed by atoms with Crippen LogP contribution in [0.15, 0.2) is 35.3 Å². The smallest absolute Gasteiger partial charge is 0.255 e. The van der Waals surface area contributed by atoms with Crippen LogP contribution in [0, 0.1) is 0 Å². The van der Waals surface area contributed by atoms with Crippen molar-refractivity contribution in [1.29, 1.82) is 0 Å². The Kier molecular flexibility index (Phi) is 9.39. The first-order valence-corrected chi connectivity index (χ1v) is 7.69. The summed E-state index contributed by atoms with van der Waals surface area (Å²) in [6, 6.07) is 10.8. The highest BCUT2D eigenvalue weighted by molar-refractivity contribution is 14.0. The lowest BCUT2D eigenvalue weighted by Gasteiger charge is -2.25. The normalized spacial score (nSPS) is 18.8. The van der Waals surface area contributed by atoms with Crippen molar-refractivity contribution in [3.8, 4) is 0 Å². The fourth-order valence-electron chi connectivity index (χ4n) is 2.76. The van der Waals surface area contributed by atoms with E-state index in [1.54, 1.807) is 7.05 Å². The van der Waals surface area contributed by atoms with Crippen molar-refractivity contribution in [2.75, 3.05) is 26.7 Å². The molecule has 1 atom stereocenters. The maximum Gasteiger partial charge on any atom is 0.255 e. The number of halogens is 3. The Bertz CT molecular complexity index is 470.